The average Bonchev–Trinajstić information content (AvgIpc) is 3.50. The van der Waals surface area contributed by atoms with Gasteiger partial charge in [-0.2, -0.15) is 0 Å². The van der Waals surface area contributed by atoms with Crippen LogP contribution in [0.5, 0.6) is 11.5 Å². The van der Waals surface area contributed by atoms with Crippen molar-refractivity contribution in [1.29, 1.82) is 0 Å². The number of imide groups is 1. The van der Waals surface area contributed by atoms with Gasteiger partial charge in [0.15, 0.2) is 17.6 Å². The number of fused-ring (bicyclic) bond motifs is 1. The van der Waals surface area contributed by atoms with E-state index in [9.17, 15) is 18.8 Å². The zero-order valence-electron chi connectivity index (χ0n) is 22.2. The quantitative estimate of drug-likeness (QED) is 0.180. The van der Waals surface area contributed by atoms with Gasteiger partial charge in [-0.05, 0) is 72.6 Å². The van der Waals surface area contributed by atoms with Crippen molar-refractivity contribution in [2.45, 2.75) is 19.1 Å². The number of para-hydroxylation sites is 2. The Morgan fingerprint density at radius 1 is 0.854 bits per heavy atom. The summed E-state index contributed by atoms with van der Waals surface area (Å²) in [7, 11) is 1.43. The number of benzene rings is 4. The van der Waals surface area contributed by atoms with Gasteiger partial charge in [0.05, 0.1) is 30.1 Å². The summed E-state index contributed by atoms with van der Waals surface area (Å²) in [6.07, 6.45) is -1.03. The topological polar surface area (TPSA) is 85.4 Å². The summed E-state index contributed by atoms with van der Waals surface area (Å²) in [4.78, 5) is 47.6. The van der Waals surface area contributed by atoms with E-state index in [1.807, 2.05) is 49.4 Å². The van der Waals surface area contributed by atoms with Crippen molar-refractivity contribution in [2.24, 2.45) is 5.92 Å². The fraction of sp³-hybridized carbons (Fsp3) is 0.156. The third kappa shape index (κ3) is 4.60. The lowest BCUT2D eigenvalue weighted by Crippen LogP contribution is -2.37. The highest BCUT2D eigenvalue weighted by Gasteiger charge is 2.60. The first-order chi connectivity index (χ1) is 19.9. The highest BCUT2D eigenvalue weighted by atomic mass is 19.1. The molecule has 0 radical (unpaired) electrons. The number of amides is 2. The van der Waals surface area contributed by atoms with Crippen molar-refractivity contribution >= 4 is 29.2 Å². The lowest BCUT2D eigenvalue weighted by atomic mass is 9.90. The number of aryl methyl sites for hydroxylation is 1. The molecule has 41 heavy (non-hydrogen) atoms. The molecule has 0 spiro atoms. The van der Waals surface area contributed by atoms with Gasteiger partial charge in [0, 0.05) is 0 Å². The number of esters is 1. The van der Waals surface area contributed by atoms with E-state index in [1.54, 1.807) is 35.4 Å². The predicted molar refractivity (Wildman–Crippen MR) is 148 cm³/mol. The van der Waals surface area contributed by atoms with Crippen LogP contribution in [0.25, 0.3) is 0 Å². The SMILES string of the molecule is COc1cc([C@@H]2[C@@H]3C(=O)N(c4ccccc4C)C(=O)[C@H]3ON2c2ccccc2)ccc1OC(=O)c1ccc(F)cc1. The molecule has 9 heteroatoms. The van der Waals surface area contributed by atoms with Crippen LogP contribution in [0.3, 0.4) is 0 Å². The number of hydrogen-bond acceptors (Lipinski definition) is 7. The summed E-state index contributed by atoms with van der Waals surface area (Å²) in [5.41, 5.74) is 2.77. The molecule has 2 fully saturated rings. The Morgan fingerprint density at radius 2 is 1.56 bits per heavy atom. The second-order valence-electron chi connectivity index (χ2n) is 9.76. The molecule has 0 bridgehead atoms. The van der Waals surface area contributed by atoms with Gasteiger partial charge in [0.2, 0.25) is 5.91 Å². The second kappa shape index (κ2) is 10.5. The van der Waals surface area contributed by atoms with Crippen molar-refractivity contribution in [2.75, 3.05) is 17.1 Å². The lowest BCUT2D eigenvalue weighted by molar-refractivity contribution is -0.126. The number of nitrogens with zero attached hydrogens (tertiary/aromatic N) is 2. The van der Waals surface area contributed by atoms with E-state index in [0.29, 0.717) is 16.9 Å². The molecule has 2 heterocycles. The van der Waals surface area contributed by atoms with E-state index < -0.39 is 35.8 Å². The monoisotopic (exact) mass is 552 g/mol. The average molecular weight is 553 g/mol. The fourth-order valence-electron chi connectivity index (χ4n) is 5.30. The Labute approximate surface area is 235 Å². The maximum atomic E-state index is 13.9. The fourth-order valence-corrected chi connectivity index (χ4v) is 5.30. The van der Waals surface area contributed by atoms with Crippen LogP contribution in [-0.2, 0) is 14.4 Å². The van der Waals surface area contributed by atoms with Gasteiger partial charge in [0.25, 0.3) is 5.91 Å². The van der Waals surface area contributed by atoms with Gasteiger partial charge in [-0.1, -0.05) is 42.5 Å². The molecule has 4 aromatic rings. The van der Waals surface area contributed by atoms with Crippen molar-refractivity contribution in [3.05, 3.63) is 120 Å². The van der Waals surface area contributed by atoms with Gasteiger partial charge < -0.3 is 9.47 Å². The van der Waals surface area contributed by atoms with Crippen molar-refractivity contribution < 1.29 is 33.1 Å². The van der Waals surface area contributed by atoms with Crippen LogP contribution < -0.4 is 19.4 Å². The molecular formula is C32H25FN2O6. The maximum absolute atomic E-state index is 13.9. The number of rotatable bonds is 6. The molecule has 6 rings (SSSR count). The lowest BCUT2D eigenvalue weighted by Gasteiger charge is -2.29. The van der Waals surface area contributed by atoms with E-state index in [1.165, 1.54) is 36.3 Å². The third-order valence-electron chi connectivity index (χ3n) is 7.29. The first kappa shape index (κ1) is 26.2. The molecular weight excluding hydrogens is 527 g/mol. The molecule has 0 N–H and O–H groups in total. The Morgan fingerprint density at radius 3 is 2.27 bits per heavy atom. The molecule has 0 aliphatic carbocycles. The summed E-state index contributed by atoms with van der Waals surface area (Å²) in [5, 5.41) is 1.58. The second-order valence-corrected chi connectivity index (χ2v) is 9.76. The van der Waals surface area contributed by atoms with Gasteiger partial charge in [-0.25, -0.2) is 19.1 Å². The molecule has 3 atom stereocenters. The number of anilines is 2. The summed E-state index contributed by atoms with van der Waals surface area (Å²) in [5.74, 6) is -2.43. The van der Waals surface area contributed by atoms with Crippen molar-refractivity contribution in [3.8, 4) is 11.5 Å². The normalized spacial score (nSPS) is 19.8. The van der Waals surface area contributed by atoms with Crippen LogP contribution in [0, 0.1) is 18.7 Å². The van der Waals surface area contributed by atoms with Gasteiger partial charge in [-0.15, -0.1) is 0 Å². The number of halogens is 1. The van der Waals surface area contributed by atoms with Crippen molar-refractivity contribution in [3.63, 3.8) is 0 Å². The van der Waals surface area contributed by atoms with Crippen LogP contribution in [0.15, 0.2) is 97.1 Å². The highest BCUT2D eigenvalue weighted by molar-refractivity contribution is 6.24. The minimum absolute atomic E-state index is 0.141. The van der Waals surface area contributed by atoms with E-state index in [4.69, 9.17) is 14.3 Å². The largest absolute Gasteiger partial charge is 0.493 e. The Balaban J connectivity index is 1.38. The van der Waals surface area contributed by atoms with Crippen LogP contribution in [0.4, 0.5) is 15.8 Å². The number of hydroxylamine groups is 1. The van der Waals surface area contributed by atoms with E-state index in [0.717, 1.165) is 5.56 Å². The highest BCUT2D eigenvalue weighted by Crippen LogP contribution is 2.49. The van der Waals surface area contributed by atoms with Gasteiger partial charge >= 0.3 is 5.97 Å². The molecule has 2 amide bonds. The summed E-state index contributed by atoms with van der Waals surface area (Å²) < 4.78 is 24.4. The Bertz CT molecular complexity index is 1640. The zero-order chi connectivity index (χ0) is 28.7. The van der Waals surface area contributed by atoms with E-state index in [2.05, 4.69) is 0 Å². The number of carbonyl (C=O) groups is 3. The smallest absolute Gasteiger partial charge is 0.343 e. The van der Waals surface area contributed by atoms with Gasteiger partial charge in [0.1, 0.15) is 11.7 Å². The Kier molecular flexibility index (Phi) is 6.72. The minimum Gasteiger partial charge on any atom is -0.493 e. The van der Waals surface area contributed by atoms with Crippen LogP contribution in [0.1, 0.15) is 27.5 Å². The molecule has 8 nitrogen and oxygen atoms in total. The number of carbonyl (C=O) groups excluding carboxylic acids is 3. The standard InChI is InChI=1S/C32H25FN2O6/c1-19-8-6-7-11-24(19)34-30(36)27-28(35(41-29(27)31(34)37)23-9-4-3-5-10-23)21-14-17-25(26(18-21)39-2)40-32(38)20-12-15-22(33)16-13-20/h3-18,27-29H,1-2H3/t27-,28+,29-/m0/s1. The zero-order valence-corrected chi connectivity index (χ0v) is 22.2. The Hall–Kier alpha value is -5.02. The summed E-state index contributed by atoms with van der Waals surface area (Å²) in [6, 6.07) is 25.6. The van der Waals surface area contributed by atoms with E-state index in [-0.39, 0.29) is 23.0 Å². The molecule has 2 saturated heterocycles. The molecule has 2 aliphatic rings. The van der Waals surface area contributed by atoms with E-state index >= 15 is 0 Å². The first-order valence-electron chi connectivity index (χ1n) is 13.0. The van der Waals surface area contributed by atoms with Crippen LogP contribution in [0.2, 0.25) is 0 Å². The van der Waals surface area contributed by atoms with Crippen LogP contribution >= 0.6 is 0 Å². The molecule has 0 unspecified atom stereocenters. The number of hydrogen-bond donors (Lipinski definition) is 0. The molecule has 4 aromatic carbocycles. The summed E-state index contributed by atoms with van der Waals surface area (Å²) in [6.45, 7) is 1.84. The first-order valence-corrected chi connectivity index (χ1v) is 13.0. The molecule has 206 valence electrons. The molecule has 0 aromatic heterocycles. The minimum atomic E-state index is -1.03. The molecule has 2 aliphatic heterocycles. The molecule has 0 saturated carbocycles. The van der Waals surface area contributed by atoms with Gasteiger partial charge in [-0.3, -0.25) is 14.4 Å². The maximum Gasteiger partial charge on any atom is 0.343 e. The number of ether oxygens (including phenoxy) is 2. The number of methoxy groups -OCH3 is 1. The van der Waals surface area contributed by atoms with Crippen molar-refractivity contribution in [1.82, 2.24) is 0 Å². The summed E-state index contributed by atoms with van der Waals surface area (Å²) >= 11 is 0. The van der Waals surface area contributed by atoms with Crippen LogP contribution in [-0.4, -0.2) is 31.0 Å². The predicted octanol–water partition coefficient (Wildman–Crippen LogP) is 5.41. The third-order valence-corrected chi connectivity index (χ3v) is 7.29.